The molecule has 1 atom stereocenters. The van der Waals surface area contributed by atoms with Crippen molar-refractivity contribution < 1.29 is 18.8 Å². The van der Waals surface area contributed by atoms with E-state index in [1.165, 1.54) is 23.5 Å². The average Bonchev–Trinajstić information content (AvgIpc) is 3.24. The lowest BCUT2D eigenvalue weighted by atomic mass is 10.1. The molecule has 7 nitrogen and oxygen atoms in total. The molecule has 1 aliphatic rings. The molecule has 0 radical (unpaired) electrons. The lowest BCUT2D eigenvalue weighted by Gasteiger charge is -2.21. The van der Waals surface area contributed by atoms with Crippen molar-refractivity contribution >= 4 is 11.4 Å². The minimum atomic E-state index is -1.33. The molecule has 0 amide bonds. The zero-order valence-electron chi connectivity index (χ0n) is 18.6. The van der Waals surface area contributed by atoms with Crippen molar-refractivity contribution in [3.63, 3.8) is 0 Å². The molecule has 2 heterocycles. The molecular formula is C25H28N2O5S. The lowest BCUT2D eigenvalue weighted by Crippen LogP contribution is -2.33. The van der Waals surface area contributed by atoms with Gasteiger partial charge in [0, 0.05) is 25.7 Å². The smallest absolute Gasteiger partial charge is 0.227 e. The molecule has 0 bridgehead atoms. The van der Waals surface area contributed by atoms with E-state index < -0.39 is 11.4 Å². The van der Waals surface area contributed by atoms with Crippen molar-refractivity contribution in [1.29, 1.82) is 0 Å². The minimum absolute atomic E-state index is 0.0431. The Balaban J connectivity index is 1.32. The third kappa shape index (κ3) is 5.85. The molecule has 3 aromatic rings. The standard InChI is InChI=1S/C25H28N2O5S/c1-2-27(11-12-28)33(30)23-9-7-19(8-10-23)17-32-25-18-31-22(13-24(25)29)16-26-14-20-5-3-4-6-21(20)15-26/h3-10,13,18,28H,2,11-12,14-17H2,1H3. The maximum atomic E-state index is 12.6. The summed E-state index contributed by atoms with van der Waals surface area (Å²) in [6.45, 7) is 5.23. The van der Waals surface area contributed by atoms with Crippen molar-refractivity contribution in [1.82, 2.24) is 9.21 Å². The van der Waals surface area contributed by atoms with Gasteiger partial charge in [-0.2, -0.15) is 0 Å². The first-order valence-corrected chi connectivity index (χ1v) is 12.1. The lowest BCUT2D eigenvalue weighted by molar-refractivity contribution is 0.241. The van der Waals surface area contributed by atoms with Crippen LogP contribution in [0.2, 0.25) is 0 Å². The van der Waals surface area contributed by atoms with E-state index in [9.17, 15) is 9.35 Å². The normalized spacial score (nSPS) is 14.4. The summed E-state index contributed by atoms with van der Waals surface area (Å²) in [5, 5.41) is 9.11. The maximum Gasteiger partial charge on any atom is 0.227 e. The molecule has 0 saturated heterocycles. The maximum absolute atomic E-state index is 12.6. The molecule has 1 aliphatic heterocycles. The molecule has 4 rings (SSSR count). The topological polar surface area (TPSA) is 89.2 Å². The number of benzene rings is 2. The highest BCUT2D eigenvalue weighted by Crippen LogP contribution is 2.24. The van der Waals surface area contributed by atoms with Crippen molar-refractivity contribution in [3.05, 3.63) is 93.5 Å². The third-order valence-corrected chi connectivity index (χ3v) is 7.18. The minimum Gasteiger partial charge on any atom is -0.593 e. The molecule has 0 aliphatic carbocycles. The number of rotatable bonds is 10. The predicted octanol–water partition coefficient (Wildman–Crippen LogP) is 3.07. The monoisotopic (exact) mass is 468 g/mol. The number of fused-ring (bicyclic) bond motifs is 1. The van der Waals surface area contributed by atoms with Gasteiger partial charge in [-0.15, -0.1) is 4.31 Å². The van der Waals surface area contributed by atoms with E-state index in [-0.39, 0.29) is 24.4 Å². The second kappa shape index (κ2) is 11.0. The van der Waals surface area contributed by atoms with Gasteiger partial charge < -0.3 is 18.8 Å². The van der Waals surface area contributed by atoms with Crippen LogP contribution in [0.25, 0.3) is 0 Å². The summed E-state index contributed by atoms with van der Waals surface area (Å²) in [5.74, 6) is 0.770. The second-order valence-electron chi connectivity index (χ2n) is 7.92. The number of hydrogen-bond acceptors (Lipinski definition) is 7. The molecule has 0 spiro atoms. The Hall–Kier alpha value is -2.62. The highest BCUT2D eigenvalue weighted by molar-refractivity contribution is 7.89. The SMILES string of the molecule is CCN(CCO)[S+]([O-])c1ccc(COc2coc(CN3Cc4ccccc4C3)cc2=O)cc1. The van der Waals surface area contributed by atoms with E-state index in [1.807, 2.05) is 31.2 Å². The summed E-state index contributed by atoms with van der Waals surface area (Å²) in [6, 6.07) is 17.0. The molecule has 33 heavy (non-hydrogen) atoms. The van der Waals surface area contributed by atoms with Crippen LogP contribution in [0.5, 0.6) is 5.75 Å². The molecule has 0 fully saturated rings. The van der Waals surface area contributed by atoms with Gasteiger partial charge in [-0.05, 0) is 35.7 Å². The first-order valence-electron chi connectivity index (χ1n) is 11.0. The van der Waals surface area contributed by atoms with Gasteiger partial charge in [0.05, 0.1) is 31.1 Å². The van der Waals surface area contributed by atoms with Gasteiger partial charge in [-0.25, -0.2) is 0 Å². The fourth-order valence-corrected chi connectivity index (χ4v) is 4.99. The van der Waals surface area contributed by atoms with E-state index in [0.717, 1.165) is 18.7 Å². The highest BCUT2D eigenvalue weighted by atomic mass is 32.2. The molecule has 1 N–H and O–H groups in total. The van der Waals surface area contributed by atoms with Gasteiger partial charge in [0.25, 0.3) is 0 Å². The fourth-order valence-electron chi connectivity index (χ4n) is 3.84. The molecule has 2 aromatic carbocycles. The van der Waals surface area contributed by atoms with Crippen LogP contribution in [-0.2, 0) is 37.6 Å². The van der Waals surface area contributed by atoms with Gasteiger partial charge in [0.1, 0.15) is 18.6 Å². The third-order valence-electron chi connectivity index (χ3n) is 5.59. The summed E-state index contributed by atoms with van der Waals surface area (Å²) >= 11 is -1.33. The van der Waals surface area contributed by atoms with Gasteiger partial charge in [0.2, 0.25) is 11.2 Å². The summed E-state index contributed by atoms with van der Waals surface area (Å²) in [6.07, 6.45) is 1.37. The average molecular weight is 469 g/mol. The van der Waals surface area contributed by atoms with Crippen molar-refractivity contribution in [3.8, 4) is 5.75 Å². The van der Waals surface area contributed by atoms with Crippen molar-refractivity contribution in [2.45, 2.75) is 38.1 Å². The second-order valence-corrected chi connectivity index (χ2v) is 9.40. The number of aliphatic hydroxyl groups is 1. The Labute approximate surface area is 196 Å². The van der Waals surface area contributed by atoms with Crippen LogP contribution in [0.4, 0.5) is 0 Å². The van der Waals surface area contributed by atoms with Crippen LogP contribution >= 0.6 is 0 Å². The van der Waals surface area contributed by atoms with Crippen LogP contribution in [0.15, 0.2) is 75.0 Å². The summed E-state index contributed by atoms with van der Waals surface area (Å²) in [4.78, 5) is 15.4. The fraction of sp³-hybridized carbons (Fsp3) is 0.320. The molecule has 0 saturated carbocycles. The Kier molecular flexibility index (Phi) is 7.85. The molecule has 8 heteroatoms. The quantitative estimate of drug-likeness (QED) is 0.458. The Morgan fingerprint density at radius 1 is 1.15 bits per heavy atom. The number of nitrogens with zero attached hydrogens (tertiary/aromatic N) is 2. The van der Waals surface area contributed by atoms with E-state index in [4.69, 9.17) is 14.3 Å². The van der Waals surface area contributed by atoms with Gasteiger partial charge in [-0.3, -0.25) is 9.69 Å². The summed E-state index contributed by atoms with van der Waals surface area (Å²) in [7, 11) is 0. The number of likely N-dealkylation sites (N-methyl/N-ethyl adjacent to an activating group) is 1. The van der Waals surface area contributed by atoms with Gasteiger partial charge in [-0.1, -0.05) is 36.4 Å². The number of ether oxygens (including phenoxy) is 1. The van der Waals surface area contributed by atoms with E-state index in [2.05, 4.69) is 17.0 Å². The Bertz CT molecular complexity index is 1090. The summed E-state index contributed by atoms with van der Waals surface area (Å²) < 4.78 is 25.6. The molecule has 1 unspecified atom stereocenters. The van der Waals surface area contributed by atoms with E-state index >= 15 is 0 Å². The van der Waals surface area contributed by atoms with Crippen molar-refractivity contribution in [2.24, 2.45) is 0 Å². The van der Waals surface area contributed by atoms with E-state index in [1.54, 1.807) is 16.4 Å². The van der Waals surface area contributed by atoms with E-state index in [0.29, 0.717) is 30.3 Å². The van der Waals surface area contributed by atoms with Gasteiger partial charge in [0.15, 0.2) is 4.90 Å². The molecule has 174 valence electrons. The van der Waals surface area contributed by atoms with Crippen LogP contribution < -0.4 is 10.2 Å². The molecule has 1 aromatic heterocycles. The zero-order chi connectivity index (χ0) is 23.2. The zero-order valence-corrected chi connectivity index (χ0v) is 19.4. The number of hydrogen-bond donors (Lipinski definition) is 1. The molecular weight excluding hydrogens is 440 g/mol. The summed E-state index contributed by atoms with van der Waals surface area (Å²) in [5.41, 5.74) is 3.25. The van der Waals surface area contributed by atoms with Gasteiger partial charge >= 0.3 is 0 Å². The predicted molar refractivity (Wildman–Crippen MR) is 126 cm³/mol. The van der Waals surface area contributed by atoms with Crippen molar-refractivity contribution in [2.75, 3.05) is 19.7 Å². The van der Waals surface area contributed by atoms with Crippen LogP contribution in [0, 0.1) is 0 Å². The van der Waals surface area contributed by atoms with Crippen LogP contribution in [0.1, 0.15) is 29.4 Å². The number of aliphatic hydroxyl groups excluding tert-OH is 1. The first-order chi connectivity index (χ1) is 16.1. The van der Waals surface area contributed by atoms with Crippen LogP contribution in [0.3, 0.4) is 0 Å². The first kappa shape index (κ1) is 23.5. The largest absolute Gasteiger partial charge is 0.593 e. The Morgan fingerprint density at radius 3 is 2.45 bits per heavy atom. The van der Waals surface area contributed by atoms with Crippen LogP contribution in [-0.4, -0.2) is 38.6 Å². The highest BCUT2D eigenvalue weighted by Gasteiger charge is 2.21. The Morgan fingerprint density at radius 2 is 1.85 bits per heavy atom.